The molecule has 2 aromatic rings. The minimum absolute atomic E-state index is 0.0692. The number of benzene rings is 2. The summed E-state index contributed by atoms with van der Waals surface area (Å²) < 4.78 is 0. The molecule has 4 N–H and O–H groups in total. The maximum absolute atomic E-state index is 13.1. The molecule has 4 heterocycles. The third kappa shape index (κ3) is 5.62. The van der Waals surface area contributed by atoms with Crippen molar-refractivity contribution in [3.8, 4) is 0 Å². The van der Waals surface area contributed by atoms with Gasteiger partial charge in [-0.1, -0.05) is 0 Å². The van der Waals surface area contributed by atoms with Gasteiger partial charge in [-0.25, -0.2) is 0 Å². The van der Waals surface area contributed by atoms with Crippen molar-refractivity contribution < 1.29 is 24.1 Å². The van der Waals surface area contributed by atoms with Crippen LogP contribution in [0.3, 0.4) is 0 Å². The second-order valence-corrected chi connectivity index (χ2v) is 11.5. The molecule has 0 radical (unpaired) electrons. The van der Waals surface area contributed by atoms with Crippen molar-refractivity contribution in [1.29, 1.82) is 0 Å². The number of amides is 4. The van der Waals surface area contributed by atoms with Crippen LogP contribution in [0.5, 0.6) is 0 Å². The number of carbonyl (C=O) groups is 4. The number of nitro groups is 1. The Morgan fingerprint density at radius 1 is 0.930 bits per heavy atom. The van der Waals surface area contributed by atoms with Crippen molar-refractivity contribution in [3.63, 3.8) is 0 Å². The monoisotopic (exact) mass is 590 g/mol. The molecule has 4 aliphatic rings. The summed E-state index contributed by atoms with van der Waals surface area (Å²) in [7, 11) is 0. The number of fused-ring (bicyclic) bond motifs is 1. The zero-order valence-corrected chi connectivity index (χ0v) is 23.7. The lowest BCUT2D eigenvalue weighted by atomic mass is 9.98. The highest BCUT2D eigenvalue weighted by molar-refractivity contribution is 6.23. The van der Waals surface area contributed by atoms with E-state index in [0.29, 0.717) is 11.5 Å². The van der Waals surface area contributed by atoms with E-state index in [1.54, 1.807) is 24.3 Å². The van der Waals surface area contributed by atoms with Gasteiger partial charge >= 0.3 is 0 Å². The molecule has 43 heavy (non-hydrogen) atoms. The first-order chi connectivity index (χ1) is 20.7. The molecule has 14 nitrogen and oxygen atoms in total. The first-order valence-corrected chi connectivity index (χ1v) is 14.5. The number of nitrogen functional groups attached to an aromatic ring is 1. The maximum Gasteiger partial charge on any atom is 0.292 e. The molecule has 4 amide bonds. The van der Waals surface area contributed by atoms with Gasteiger partial charge in [-0.15, -0.1) is 0 Å². The SMILES string of the molecule is Nc1cc(N2CCN(CCNCC3CN(c4ccc5c(c4)C(=O)N(C4CCC(=O)NC4=O)C5=O)C3)CC2)ccc1[N+](=O)[O-]. The van der Waals surface area contributed by atoms with Crippen LogP contribution in [0, 0.1) is 16.0 Å². The van der Waals surface area contributed by atoms with E-state index in [0.717, 1.165) is 75.2 Å². The van der Waals surface area contributed by atoms with Crippen LogP contribution in [0.25, 0.3) is 0 Å². The molecule has 226 valence electrons. The molecule has 0 aliphatic carbocycles. The molecule has 0 spiro atoms. The predicted octanol–water partition coefficient (Wildman–Crippen LogP) is 0.426. The zero-order valence-electron chi connectivity index (χ0n) is 23.7. The van der Waals surface area contributed by atoms with E-state index in [1.165, 1.54) is 6.07 Å². The van der Waals surface area contributed by atoms with Gasteiger partial charge in [-0.3, -0.25) is 44.4 Å². The molecule has 0 bridgehead atoms. The number of imide groups is 2. The van der Waals surface area contributed by atoms with E-state index < -0.39 is 34.6 Å². The van der Waals surface area contributed by atoms with Crippen LogP contribution in [0.4, 0.5) is 22.7 Å². The topological polar surface area (TPSA) is 174 Å². The summed E-state index contributed by atoms with van der Waals surface area (Å²) in [5.74, 6) is -1.53. The van der Waals surface area contributed by atoms with Crippen LogP contribution < -0.4 is 26.2 Å². The van der Waals surface area contributed by atoms with E-state index >= 15 is 0 Å². The Balaban J connectivity index is 0.920. The lowest BCUT2D eigenvalue weighted by Gasteiger charge is -2.41. The smallest absolute Gasteiger partial charge is 0.292 e. The van der Waals surface area contributed by atoms with Gasteiger partial charge in [0.25, 0.3) is 17.5 Å². The highest BCUT2D eigenvalue weighted by Gasteiger charge is 2.45. The van der Waals surface area contributed by atoms with Crippen molar-refractivity contribution >= 4 is 46.4 Å². The van der Waals surface area contributed by atoms with Crippen LogP contribution in [-0.4, -0.2) is 103 Å². The van der Waals surface area contributed by atoms with Crippen LogP contribution in [-0.2, 0) is 9.59 Å². The first-order valence-electron chi connectivity index (χ1n) is 14.5. The number of hydrogen-bond donors (Lipinski definition) is 3. The summed E-state index contributed by atoms with van der Waals surface area (Å²) in [6.07, 6.45) is 0.229. The fourth-order valence-corrected chi connectivity index (χ4v) is 6.24. The van der Waals surface area contributed by atoms with Crippen molar-refractivity contribution in [2.45, 2.75) is 18.9 Å². The number of nitrogens with one attached hydrogen (secondary N) is 2. The Hall–Kier alpha value is -4.56. The van der Waals surface area contributed by atoms with Crippen molar-refractivity contribution in [2.24, 2.45) is 5.92 Å². The number of anilines is 3. The van der Waals surface area contributed by atoms with Crippen LogP contribution >= 0.6 is 0 Å². The molecule has 3 fully saturated rings. The third-order valence-corrected chi connectivity index (χ3v) is 8.73. The molecule has 0 aromatic heterocycles. The Morgan fingerprint density at radius 2 is 1.63 bits per heavy atom. The second kappa shape index (κ2) is 11.6. The average Bonchev–Trinajstić information content (AvgIpc) is 3.21. The Morgan fingerprint density at radius 3 is 2.33 bits per heavy atom. The van der Waals surface area contributed by atoms with Gasteiger partial charge in [0.05, 0.1) is 16.1 Å². The molecule has 6 rings (SSSR count). The highest BCUT2D eigenvalue weighted by atomic mass is 16.6. The van der Waals surface area contributed by atoms with Crippen molar-refractivity contribution in [1.82, 2.24) is 20.4 Å². The van der Waals surface area contributed by atoms with E-state index in [1.807, 2.05) is 6.07 Å². The van der Waals surface area contributed by atoms with Crippen LogP contribution in [0.1, 0.15) is 33.6 Å². The minimum Gasteiger partial charge on any atom is -0.393 e. The molecular weight excluding hydrogens is 556 g/mol. The molecule has 3 saturated heterocycles. The quantitative estimate of drug-likeness (QED) is 0.121. The lowest BCUT2D eigenvalue weighted by Crippen LogP contribution is -2.54. The van der Waals surface area contributed by atoms with Gasteiger partial charge in [-0.2, -0.15) is 0 Å². The molecule has 0 saturated carbocycles. The van der Waals surface area contributed by atoms with Gasteiger partial charge in [0.1, 0.15) is 11.7 Å². The number of nitrogens with two attached hydrogens (primary N) is 1. The molecule has 4 aliphatic heterocycles. The van der Waals surface area contributed by atoms with Crippen molar-refractivity contribution in [2.75, 3.05) is 74.4 Å². The molecule has 2 aromatic carbocycles. The molecule has 14 heteroatoms. The number of nitro benzene ring substituents is 1. The van der Waals surface area contributed by atoms with Gasteiger partial charge in [0, 0.05) is 88.7 Å². The van der Waals surface area contributed by atoms with E-state index in [9.17, 15) is 29.3 Å². The number of piperidine rings is 1. The largest absolute Gasteiger partial charge is 0.393 e. The Bertz CT molecular complexity index is 1480. The van der Waals surface area contributed by atoms with Gasteiger partial charge in [0.15, 0.2) is 0 Å². The summed E-state index contributed by atoms with van der Waals surface area (Å²) in [6.45, 7) is 7.80. The number of rotatable bonds is 9. The van der Waals surface area contributed by atoms with Gasteiger partial charge in [0.2, 0.25) is 11.8 Å². The van der Waals surface area contributed by atoms with Crippen LogP contribution in [0.15, 0.2) is 36.4 Å². The minimum atomic E-state index is -0.966. The molecular formula is C29H34N8O6. The number of carbonyl (C=O) groups excluding carboxylic acids is 4. The normalized spacial score (nSPS) is 21.2. The third-order valence-electron chi connectivity index (χ3n) is 8.73. The number of nitrogens with zero attached hydrogens (tertiary/aromatic N) is 5. The molecule has 1 atom stereocenters. The van der Waals surface area contributed by atoms with E-state index in [4.69, 9.17) is 5.73 Å². The Labute approximate surface area is 247 Å². The van der Waals surface area contributed by atoms with Crippen molar-refractivity contribution in [3.05, 3.63) is 57.6 Å². The van der Waals surface area contributed by atoms with E-state index in [2.05, 4.69) is 25.3 Å². The average molecular weight is 591 g/mol. The summed E-state index contributed by atoms with van der Waals surface area (Å²) in [4.78, 5) is 68.1. The molecule has 1 unspecified atom stereocenters. The standard InChI is InChI=1S/C29H34N8O6/c30-23-14-20(2-4-24(23)37(42)43)34-11-9-33(10-12-34)8-7-31-15-18-16-35(17-18)19-1-3-21-22(13-19)29(41)36(28(21)40)25-5-6-26(38)32-27(25)39/h1-4,13-14,18,25,31H,5-12,15-17,30H2,(H,32,38,39). The van der Waals surface area contributed by atoms with E-state index in [-0.39, 0.29) is 29.8 Å². The Kier molecular flexibility index (Phi) is 7.71. The van der Waals surface area contributed by atoms with Gasteiger partial charge in [-0.05, 0) is 36.8 Å². The fraction of sp³-hybridized carbons (Fsp3) is 0.448. The highest BCUT2D eigenvalue weighted by Crippen LogP contribution is 2.33. The number of hydrogen-bond acceptors (Lipinski definition) is 11. The summed E-state index contributed by atoms with van der Waals surface area (Å²) in [5.41, 5.74) is 8.32. The number of piperazine rings is 1. The van der Waals surface area contributed by atoms with Gasteiger partial charge < -0.3 is 20.9 Å². The van der Waals surface area contributed by atoms with Crippen LogP contribution in [0.2, 0.25) is 0 Å². The summed E-state index contributed by atoms with van der Waals surface area (Å²) >= 11 is 0. The maximum atomic E-state index is 13.1. The zero-order chi connectivity index (χ0) is 30.2. The lowest BCUT2D eigenvalue weighted by molar-refractivity contribution is -0.383. The summed E-state index contributed by atoms with van der Waals surface area (Å²) in [6, 6.07) is 9.15. The second-order valence-electron chi connectivity index (χ2n) is 11.5. The fourth-order valence-electron chi connectivity index (χ4n) is 6.24. The first kappa shape index (κ1) is 28.6. The predicted molar refractivity (Wildman–Crippen MR) is 158 cm³/mol. The summed E-state index contributed by atoms with van der Waals surface area (Å²) in [5, 5.41) is 16.8.